The van der Waals surface area contributed by atoms with Crippen LogP contribution in [0.5, 0.6) is 0 Å². The van der Waals surface area contributed by atoms with Crippen LogP contribution in [0.4, 0.5) is 17.1 Å². The number of rotatable bonds is 10. The Labute approximate surface area is 177 Å². The molecule has 0 fully saturated rings. The molecule has 0 unspecified atom stereocenters. The molecule has 0 spiro atoms. The van der Waals surface area contributed by atoms with Crippen LogP contribution in [0.3, 0.4) is 0 Å². The van der Waals surface area contributed by atoms with Crippen LogP contribution >= 0.6 is 0 Å². The number of hydrogen-bond donors (Lipinski definition) is 4. The summed E-state index contributed by atoms with van der Waals surface area (Å²) in [4.78, 5) is 35.9. The van der Waals surface area contributed by atoms with Crippen molar-refractivity contribution in [2.75, 3.05) is 29.0 Å². The zero-order valence-corrected chi connectivity index (χ0v) is 17.8. The van der Waals surface area contributed by atoms with Crippen LogP contribution in [0.25, 0.3) is 0 Å². The van der Waals surface area contributed by atoms with Gasteiger partial charge in [0.25, 0.3) is 5.91 Å². The standard InChI is InChI=1S/C23H30N4O3/c1-4-6-14-24-23(30)17-10-12-18(13-11-17)26-22(29)15-25-19-8-7-9-20(16(19)3)27-21(28)5-2/h7-13,25H,4-6,14-15H2,1-3H3,(H,24,30)(H,26,29)(H,27,28). The molecule has 2 aromatic rings. The minimum absolute atomic E-state index is 0.0597. The number of unbranched alkanes of at least 4 members (excludes halogenated alkanes) is 1. The largest absolute Gasteiger partial charge is 0.376 e. The smallest absolute Gasteiger partial charge is 0.251 e. The van der Waals surface area contributed by atoms with E-state index in [0.717, 1.165) is 29.8 Å². The van der Waals surface area contributed by atoms with Gasteiger partial charge in [-0.15, -0.1) is 0 Å². The van der Waals surface area contributed by atoms with E-state index in [1.165, 1.54) is 0 Å². The Morgan fingerprint density at radius 1 is 0.867 bits per heavy atom. The third-order valence-corrected chi connectivity index (χ3v) is 4.62. The number of nitrogens with one attached hydrogen (secondary N) is 4. The van der Waals surface area contributed by atoms with E-state index in [4.69, 9.17) is 0 Å². The molecule has 2 aromatic carbocycles. The topological polar surface area (TPSA) is 99.3 Å². The molecule has 30 heavy (non-hydrogen) atoms. The molecule has 0 bridgehead atoms. The number of benzene rings is 2. The van der Waals surface area contributed by atoms with Crippen LogP contribution in [-0.2, 0) is 9.59 Å². The predicted molar refractivity (Wildman–Crippen MR) is 121 cm³/mol. The summed E-state index contributed by atoms with van der Waals surface area (Å²) in [6, 6.07) is 12.3. The van der Waals surface area contributed by atoms with Crippen LogP contribution in [0, 0.1) is 6.92 Å². The third-order valence-electron chi connectivity index (χ3n) is 4.62. The zero-order chi connectivity index (χ0) is 21.9. The highest BCUT2D eigenvalue weighted by Gasteiger charge is 2.09. The average molecular weight is 411 g/mol. The van der Waals surface area contributed by atoms with E-state index in [1.54, 1.807) is 31.2 Å². The maximum absolute atomic E-state index is 12.3. The second-order valence-electron chi connectivity index (χ2n) is 6.97. The van der Waals surface area contributed by atoms with Crippen molar-refractivity contribution < 1.29 is 14.4 Å². The molecule has 0 saturated heterocycles. The minimum Gasteiger partial charge on any atom is -0.376 e. The van der Waals surface area contributed by atoms with Gasteiger partial charge in [-0.25, -0.2) is 0 Å². The van der Waals surface area contributed by atoms with E-state index in [-0.39, 0.29) is 24.3 Å². The van der Waals surface area contributed by atoms with Crippen LogP contribution < -0.4 is 21.3 Å². The first kappa shape index (κ1) is 22.9. The monoisotopic (exact) mass is 410 g/mol. The normalized spacial score (nSPS) is 10.2. The molecule has 0 aromatic heterocycles. The Bertz CT molecular complexity index is 879. The van der Waals surface area contributed by atoms with E-state index in [9.17, 15) is 14.4 Å². The molecule has 7 nitrogen and oxygen atoms in total. The fraction of sp³-hybridized carbons (Fsp3) is 0.348. The highest BCUT2D eigenvalue weighted by atomic mass is 16.2. The minimum atomic E-state index is -0.211. The lowest BCUT2D eigenvalue weighted by atomic mass is 10.1. The Hall–Kier alpha value is -3.35. The van der Waals surface area contributed by atoms with Gasteiger partial charge in [0.05, 0.1) is 6.54 Å². The predicted octanol–water partition coefficient (Wildman–Crippen LogP) is 3.92. The second-order valence-corrected chi connectivity index (χ2v) is 6.97. The Balaban J connectivity index is 1.88. The van der Waals surface area contributed by atoms with Gasteiger partial charge in [-0.3, -0.25) is 14.4 Å². The van der Waals surface area contributed by atoms with Crippen LogP contribution in [0.1, 0.15) is 49.0 Å². The summed E-state index contributed by atoms with van der Waals surface area (Å²) in [6.07, 6.45) is 2.37. The zero-order valence-electron chi connectivity index (χ0n) is 17.8. The molecule has 0 saturated carbocycles. The molecule has 3 amide bonds. The third kappa shape index (κ3) is 6.92. The number of amides is 3. The van der Waals surface area contributed by atoms with E-state index >= 15 is 0 Å². The lowest BCUT2D eigenvalue weighted by Crippen LogP contribution is -2.24. The fourth-order valence-corrected chi connectivity index (χ4v) is 2.77. The Morgan fingerprint density at radius 2 is 1.57 bits per heavy atom. The van der Waals surface area contributed by atoms with Gasteiger partial charge in [0.1, 0.15) is 0 Å². The summed E-state index contributed by atoms with van der Waals surface area (Å²) >= 11 is 0. The molecule has 160 valence electrons. The Morgan fingerprint density at radius 3 is 2.23 bits per heavy atom. The van der Waals surface area contributed by atoms with Crippen molar-refractivity contribution in [2.24, 2.45) is 0 Å². The van der Waals surface area contributed by atoms with Crippen molar-refractivity contribution in [1.29, 1.82) is 0 Å². The van der Waals surface area contributed by atoms with E-state index in [0.29, 0.717) is 24.2 Å². The maximum atomic E-state index is 12.3. The summed E-state index contributed by atoms with van der Waals surface area (Å²) in [7, 11) is 0. The highest BCUT2D eigenvalue weighted by molar-refractivity contribution is 5.97. The molecule has 0 aliphatic heterocycles. The van der Waals surface area contributed by atoms with Crippen molar-refractivity contribution >= 4 is 34.8 Å². The molecule has 0 aliphatic carbocycles. The first-order chi connectivity index (χ1) is 14.4. The molecular weight excluding hydrogens is 380 g/mol. The van der Waals surface area contributed by atoms with Gasteiger partial charge in [0.2, 0.25) is 11.8 Å². The fourth-order valence-electron chi connectivity index (χ4n) is 2.77. The average Bonchev–Trinajstić information content (AvgIpc) is 2.74. The molecule has 0 atom stereocenters. The van der Waals surface area contributed by atoms with Crippen molar-refractivity contribution in [2.45, 2.75) is 40.0 Å². The summed E-state index contributed by atoms with van der Waals surface area (Å²) in [6.45, 7) is 6.48. The summed E-state index contributed by atoms with van der Waals surface area (Å²) < 4.78 is 0. The highest BCUT2D eigenvalue weighted by Crippen LogP contribution is 2.23. The molecule has 0 heterocycles. The van der Waals surface area contributed by atoms with E-state index in [2.05, 4.69) is 28.2 Å². The maximum Gasteiger partial charge on any atom is 0.251 e. The van der Waals surface area contributed by atoms with Gasteiger partial charge < -0.3 is 21.3 Å². The quantitative estimate of drug-likeness (QED) is 0.446. The van der Waals surface area contributed by atoms with Crippen molar-refractivity contribution in [3.63, 3.8) is 0 Å². The van der Waals surface area contributed by atoms with Crippen LogP contribution in [0.2, 0.25) is 0 Å². The summed E-state index contributed by atoms with van der Waals surface area (Å²) in [5, 5.41) is 11.6. The lowest BCUT2D eigenvalue weighted by Gasteiger charge is -2.14. The van der Waals surface area contributed by atoms with Gasteiger partial charge in [0.15, 0.2) is 0 Å². The van der Waals surface area contributed by atoms with Crippen molar-refractivity contribution in [3.05, 3.63) is 53.6 Å². The van der Waals surface area contributed by atoms with Crippen LogP contribution in [0.15, 0.2) is 42.5 Å². The second kappa shape index (κ2) is 11.6. The number of carbonyl (C=O) groups excluding carboxylic acids is 3. The van der Waals surface area contributed by atoms with E-state index in [1.807, 2.05) is 25.1 Å². The molecule has 7 heteroatoms. The van der Waals surface area contributed by atoms with Crippen molar-refractivity contribution in [1.82, 2.24) is 5.32 Å². The first-order valence-corrected chi connectivity index (χ1v) is 10.3. The molecule has 2 rings (SSSR count). The number of anilines is 3. The SMILES string of the molecule is CCCCNC(=O)c1ccc(NC(=O)CNc2cccc(NC(=O)CC)c2C)cc1. The lowest BCUT2D eigenvalue weighted by molar-refractivity contribution is -0.116. The van der Waals surface area contributed by atoms with Gasteiger partial charge in [-0.1, -0.05) is 26.3 Å². The number of hydrogen-bond acceptors (Lipinski definition) is 4. The van der Waals surface area contributed by atoms with E-state index < -0.39 is 0 Å². The molecule has 4 N–H and O–H groups in total. The van der Waals surface area contributed by atoms with Gasteiger partial charge in [0, 0.05) is 35.6 Å². The molecule has 0 aliphatic rings. The van der Waals surface area contributed by atoms with Gasteiger partial charge in [-0.2, -0.15) is 0 Å². The number of carbonyl (C=O) groups is 3. The van der Waals surface area contributed by atoms with Crippen molar-refractivity contribution in [3.8, 4) is 0 Å². The summed E-state index contributed by atoms with van der Waals surface area (Å²) in [5.74, 6) is -0.387. The molecule has 0 radical (unpaired) electrons. The summed E-state index contributed by atoms with van der Waals surface area (Å²) in [5.41, 5.74) is 3.54. The first-order valence-electron chi connectivity index (χ1n) is 10.3. The Kier molecular flexibility index (Phi) is 8.87. The molecular formula is C23H30N4O3. The van der Waals surface area contributed by atoms with Gasteiger partial charge >= 0.3 is 0 Å². The van der Waals surface area contributed by atoms with Crippen LogP contribution in [-0.4, -0.2) is 30.8 Å². The van der Waals surface area contributed by atoms with Gasteiger partial charge in [-0.05, 0) is 55.3 Å².